The minimum absolute atomic E-state index is 0.258. The summed E-state index contributed by atoms with van der Waals surface area (Å²) in [5, 5.41) is 0. The number of nitrogens with zero attached hydrogens (tertiary/aromatic N) is 1. The van der Waals surface area contributed by atoms with E-state index in [1.807, 2.05) is 0 Å². The molecule has 1 spiro atoms. The van der Waals surface area contributed by atoms with Crippen LogP contribution in [-0.2, 0) is 9.47 Å². The Hall–Kier alpha value is -0.120. The molecular formula is C22H43NO2. The van der Waals surface area contributed by atoms with Crippen molar-refractivity contribution < 1.29 is 9.47 Å². The molecule has 2 fully saturated rings. The van der Waals surface area contributed by atoms with Gasteiger partial charge < -0.3 is 14.4 Å². The van der Waals surface area contributed by atoms with Gasteiger partial charge in [0.2, 0.25) is 0 Å². The third kappa shape index (κ3) is 6.22. The van der Waals surface area contributed by atoms with Gasteiger partial charge in [-0.15, -0.1) is 0 Å². The van der Waals surface area contributed by atoms with Gasteiger partial charge in [0.05, 0.1) is 12.7 Å². The molecule has 1 aliphatic heterocycles. The van der Waals surface area contributed by atoms with Gasteiger partial charge in [0.15, 0.2) is 5.79 Å². The molecule has 0 radical (unpaired) electrons. The van der Waals surface area contributed by atoms with E-state index >= 15 is 0 Å². The summed E-state index contributed by atoms with van der Waals surface area (Å²) in [6, 6.07) is 0. The summed E-state index contributed by atoms with van der Waals surface area (Å²) in [6.07, 6.45) is 7.36. The lowest BCUT2D eigenvalue weighted by Gasteiger charge is -2.43. The molecule has 1 aliphatic carbocycles. The summed E-state index contributed by atoms with van der Waals surface area (Å²) in [7, 11) is 2.22. The van der Waals surface area contributed by atoms with Gasteiger partial charge in [-0.2, -0.15) is 0 Å². The number of hydrogen-bond acceptors (Lipinski definition) is 3. The van der Waals surface area contributed by atoms with Crippen molar-refractivity contribution in [3.8, 4) is 0 Å². The summed E-state index contributed by atoms with van der Waals surface area (Å²) in [5.74, 6) is 2.05. The van der Waals surface area contributed by atoms with E-state index in [-0.39, 0.29) is 11.9 Å². The second-order valence-corrected chi connectivity index (χ2v) is 10.3. The summed E-state index contributed by atoms with van der Waals surface area (Å²) < 4.78 is 12.6. The van der Waals surface area contributed by atoms with Crippen molar-refractivity contribution in [3.05, 3.63) is 0 Å². The van der Waals surface area contributed by atoms with Gasteiger partial charge in [0.1, 0.15) is 0 Å². The number of ether oxygens (including phenoxy) is 2. The molecule has 0 aromatic heterocycles. The van der Waals surface area contributed by atoms with Crippen molar-refractivity contribution in [2.24, 2.45) is 23.2 Å². The maximum atomic E-state index is 6.44. The zero-order valence-corrected chi connectivity index (χ0v) is 17.9. The van der Waals surface area contributed by atoms with E-state index in [9.17, 15) is 0 Å². The zero-order chi connectivity index (χ0) is 18.7. The Balaban J connectivity index is 1.76. The quantitative estimate of drug-likeness (QED) is 0.588. The van der Waals surface area contributed by atoms with Crippen LogP contribution >= 0.6 is 0 Å². The second-order valence-electron chi connectivity index (χ2n) is 10.3. The minimum Gasteiger partial charge on any atom is -0.347 e. The van der Waals surface area contributed by atoms with Gasteiger partial charge in [-0.1, -0.05) is 41.5 Å². The standard InChI is InChI=1S/C22H43NO2/c1-17(2)14-21(5,6)19-8-11-22(12-9-19)24-16-20(25-22)10-13-23(7)15-18(3)4/h17-20H,8-16H2,1-7H3. The van der Waals surface area contributed by atoms with Gasteiger partial charge in [0.25, 0.3) is 0 Å². The Morgan fingerprint density at radius 3 is 2.28 bits per heavy atom. The topological polar surface area (TPSA) is 21.7 Å². The SMILES string of the molecule is CC(C)CN(C)CCC1COC2(CCC(C(C)(C)CC(C)C)CC2)O1. The van der Waals surface area contributed by atoms with E-state index in [0.29, 0.717) is 5.41 Å². The van der Waals surface area contributed by atoms with E-state index in [0.717, 1.165) is 56.7 Å². The fourth-order valence-electron chi connectivity index (χ4n) is 5.16. The maximum absolute atomic E-state index is 6.44. The minimum atomic E-state index is -0.258. The molecule has 0 amide bonds. The summed E-state index contributed by atoms with van der Waals surface area (Å²) >= 11 is 0. The lowest BCUT2D eigenvalue weighted by Crippen LogP contribution is -2.40. The Labute approximate surface area is 156 Å². The average Bonchev–Trinajstić information content (AvgIpc) is 2.86. The van der Waals surface area contributed by atoms with Gasteiger partial charge in [-0.3, -0.25) is 0 Å². The van der Waals surface area contributed by atoms with Gasteiger partial charge >= 0.3 is 0 Å². The molecule has 0 bridgehead atoms. The van der Waals surface area contributed by atoms with Crippen LogP contribution in [0.1, 0.15) is 80.1 Å². The molecule has 1 saturated carbocycles. The highest BCUT2D eigenvalue weighted by Crippen LogP contribution is 2.48. The number of hydrogen-bond donors (Lipinski definition) is 0. The van der Waals surface area contributed by atoms with Crippen LogP contribution in [0, 0.1) is 23.2 Å². The largest absolute Gasteiger partial charge is 0.347 e. The summed E-state index contributed by atoms with van der Waals surface area (Å²) in [4.78, 5) is 2.42. The van der Waals surface area contributed by atoms with Gasteiger partial charge in [-0.25, -0.2) is 0 Å². The highest BCUT2D eigenvalue weighted by molar-refractivity contribution is 4.90. The first-order valence-corrected chi connectivity index (χ1v) is 10.6. The average molecular weight is 354 g/mol. The van der Waals surface area contributed by atoms with Crippen molar-refractivity contribution in [1.29, 1.82) is 0 Å². The van der Waals surface area contributed by atoms with Gasteiger partial charge in [-0.05, 0) is 55.9 Å². The lowest BCUT2D eigenvalue weighted by molar-refractivity contribution is -0.198. The highest BCUT2D eigenvalue weighted by Gasteiger charge is 2.46. The van der Waals surface area contributed by atoms with Crippen LogP contribution in [0.4, 0.5) is 0 Å². The third-order valence-corrected chi connectivity index (χ3v) is 6.21. The van der Waals surface area contributed by atoms with Crippen molar-refractivity contribution >= 4 is 0 Å². The lowest BCUT2D eigenvalue weighted by atomic mass is 9.66. The Bertz CT molecular complexity index is 397. The molecule has 1 unspecified atom stereocenters. The van der Waals surface area contributed by atoms with Crippen molar-refractivity contribution in [1.82, 2.24) is 4.90 Å². The molecular weight excluding hydrogens is 310 g/mol. The van der Waals surface area contributed by atoms with E-state index in [4.69, 9.17) is 9.47 Å². The summed E-state index contributed by atoms with van der Waals surface area (Å²) in [6.45, 7) is 17.2. The third-order valence-electron chi connectivity index (χ3n) is 6.21. The molecule has 1 heterocycles. The first kappa shape index (κ1) is 21.2. The Morgan fingerprint density at radius 1 is 1.08 bits per heavy atom. The van der Waals surface area contributed by atoms with Crippen LogP contribution in [-0.4, -0.2) is 43.5 Å². The van der Waals surface area contributed by atoms with Gasteiger partial charge in [0, 0.05) is 25.9 Å². The number of rotatable bonds is 8. The van der Waals surface area contributed by atoms with Crippen molar-refractivity contribution in [2.75, 3.05) is 26.7 Å². The van der Waals surface area contributed by atoms with E-state index < -0.39 is 0 Å². The first-order valence-electron chi connectivity index (χ1n) is 10.6. The molecule has 2 rings (SSSR count). The fourth-order valence-corrected chi connectivity index (χ4v) is 5.16. The zero-order valence-electron chi connectivity index (χ0n) is 17.9. The Morgan fingerprint density at radius 2 is 1.72 bits per heavy atom. The van der Waals surface area contributed by atoms with Crippen LogP contribution < -0.4 is 0 Å². The molecule has 3 nitrogen and oxygen atoms in total. The second kappa shape index (κ2) is 8.71. The molecule has 25 heavy (non-hydrogen) atoms. The molecule has 0 N–H and O–H groups in total. The molecule has 1 saturated heterocycles. The van der Waals surface area contributed by atoms with Crippen LogP contribution in [0.2, 0.25) is 0 Å². The smallest absolute Gasteiger partial charge is 0.168 e. The molecule has 2 aliphatic rings. The van der Waals surface area contributed by atoms with E-state index in [1.54, 1.807) is 0 Å². The van der Waals surface area contributed by atoms with Crippen molar-refractivity contribution in [3.63, 3.8) is 0 Å². The molecule has 148 valence electrons. The first-order chi connectivity index (χ1) is 11.6. The van der Waals surface area contributed by atoms with Crippen LogP contribution in [0.5, 0.6) is 0 Å². The normalized spacial score (nSPS) is 31.0. The van der Waals surface area contributed by atoms with E-state index in [2.05, 4.69) is 53.5 Å². The van der Waals surface area contributed by atoms with Crippen LogP contribution in [0.25, 0.3) is 0 Å². The predicted molar refractivity (Wildman–Crippen MR) is 106 cm³/mol. The highest BCUT2D eigenvalue weighted by atomic mass is 16.7. The monoisotopic (exact) mass is 353 g/mol. The molecule has 0 aromatic rings. The van der Waals surface area contributed by atoms with Crippen molar-refractivity contribution in [2.45, 2.75) is 92.0 Å². The maximum Gasteiger partial charge on any atom is 0.168 e. The van der Waals surface area contributed by atoms with E-state index in [1.165, 1.54) is 19.3 Å². The van der Waals surface area contributed by atoms with Crippen LogP contribution in [0.3, 0.4) is 0 Å². The molecule has 0 aromatic carbocycles. The summed E-state index contributed by atoms with van der Waals surface area (Å²) in [5.41, 5.74) is 0.438. The Kier molecular flexibility index (Phi) is 7.38. The van der Waals surface area contributed by atoms with Crippen LogP contribution in [0.15, 0.2) is 0 Å². The predicted octanol–water partition coefficient (Wildman–Crippen LogP) is 5.34. The molecule has 1 atom stereocenters. The fraction of sp³-hybridized carbons (Fsp3) is 1.00. The molecule has 3 heteroatoms.